The van der Waals surface area contributed by atoms with Gasteiger partial charge in [-0.05, 0) is 63.6 Å². The number of hydrogen-bond donors (Lipinski definition) is 2. The Balaban J connectivity index is 1.70. The number of nitrogens with one attached hydrogen (secondary N) is 2. The van der Waals surface area contributed by atoms with Crippen LogP contribution in [0.1, 0.15) is 46.5 Å². The van der Waals surface area contributed by atoms with Gasteiger partial charge in [0, 0.05) is 19.1 Å². The minimum atomic E-state index is -3.64. The molecule has 1 heterocycles. The van der Waals surface area contributed by atoms with Gasteiger partial charge in [-0.25, -0.2) is 8.42 Å². The molecule has 1 aromatic rings. The van der Waals surface area contributed by atoms with Gasteiger partial charge in [0.25, 0.3) is 0 Å². The average molecular weight is 454 g/mol. The number of sulfonamides is 1. The Kier molecular flexibility index (Phi) is 8.18. The van der Waals surface area contributed by atoms with Crippen molar-refractivity contribution in [3.05, 3.63) is 18.2 Å². The Morgan fingerprint density at radius 3 is 2.52 bits per heavy atom. The van der Waals surface area contributed by atoms with Crippen molar-refractivity contribution in [2.45, 2.75) is 63.5 Å². The van der Waals surface area contributed by atoms with Crippen molar-refractivity contribution in [3.63, 3.8) is 0 Å². The number of rotatable bonds is 8. The Labute approximate surface area is 185 Å². The lowest BCUT2D eigenvalue weighted by Gasteiger charge is -2.27. The maximum Gasteiger partial charge on any atom is 0.243 e. The van der Waals surface area contributed by atoms with Crippen LogP contribution in [-0.4, -0.2) is 63.6 Å². The van der Waals surface area contributed by atoms with Crippen LogP contribution >= 0.6 is 0 Å². The predicted octanol–water partition coefficient (Wildman–Crippen LogP) is 2.60. The lowest BCUT2D eigenvalue weighted by atomic mass is 9.87. The molecule has 2 fully saturated rings. The lowest BCUT2D eigenvalue weighted by molar-refractivity contribution is -0.120. The molecule has 174 valence electrons. The van der Waals surface area contributed by atoms with Crippen LogP contribution in [0, 0.1) is 5.92 Å². The van der Waals surface area contributed by atoms with Crippen molar-refractivity contribution < 1.29 is 22.7 Å². The molecule has 31 heavy (non-hydrogen) atoms. The fourth-order valence-electron chi connectivity index (χ4n) is 3.96. The van der Waals surface area contributed by atoms with Gasteiger partial charge in [-0.1, -0.05) is 6.92 Å². The van der Waals surface area contributed by atoms with E-state index in [0.717, 1.165) is 31.6 Å². The van der Waals surface area contributed by atoms with Gasteiger partial charge in [0.2, 0.25) is 15.9 Å². The van der Waals surface area contributed by atoms with Crippen molar-refractivity contribution >= 4 is 21.6 Å². The Morgan fingerprint density at radius 1 is 1.19 bits per heavy atom. The molecule has 0 aromatic heterocycles. The average Bonchev–Trinajstić information content (AvgIpc) is 2.75. The van der Waals surface area contributed by atoms with Gasteiger partial charge in [-0.2, -0.15) is 4.31 Å². The largest absolute Gasteiger partial charge is 0.489 e. The monoisotopic (exact) mass is 453 g/mol. The highest BCUT2D eigenvalue weighted by molar-refractivity contribution is 7.89. The van der Waals surface area contributed by atoms with E-state index >= 15 is 0 Å². The number of hydrogen-bond acceptors (Lipinski definition) is 6. The van der Waals surface area contributed by atoms with Gasteiger partial charge in [0.05, 0.1) is 36.4 Å². The SMILES string of the molecule is CC1CCC(NC(=O)CNc2cc(S(=O)(=O)N3CCOCC3)ccc2OC(C)C)CC1. The maximum absolute atomic E-state index is 13.0. The third-order valence-corrected chi connectivity index (χ3v) is 7.64. The van der Waals surface area contributed by atoms with Crippen LogP contribution in [0.25, 0.3) is 0 Å². The number of benzene rings is 1. The minimum Gasteiger partial charge on any atom is -0.489 e. The molecule has 2 aliphatic rings. The zero-order valence-corrected chi connectivity index (χ0v) is 19.5. The smallest absolute Gasteiger partial charge is 0.243 e. The first-order chi connectivity index (χ1) is 14.8. The highest BCUT2D eigenvalue weighted by atomic mass is 32.2. The molecule has 0 bridgehead atoms. The molecule has 0 atom stereocenters. The first kappa shape index (κ1) is 23.8. The van der Waals surface area contributed by atoms with Crippen molar-refractivity contribution in [3.8, 4) is 5.75 Å². The summed E-state index contributed by atoms with van der Waals surface area (Å²) in [6.45, 7) is 7.54. The Morgan fingerprint density at radius 2 is 1.87 bits per heavy atom. The highest BCUT2D eigenvalue weighted by Gasteiger charge is 2.27. The van der Waals surface area contributed by atoms with Gasteiger partial charge in [0.1, 0.15) is 5.75 Å². The van der Waals surface area contributed by atoms with Gasteiger partial charge < -0.3 is 20.1 Å². The summed E-state index contributed by atoms with van der Waals surface area (Å²) in [4.78, 5) is 12.6. The summed E-state index contributed by atoms with van der Waals surface area (Å²) in [5.74, 6) is 1.14. The number of carbonyl (C=O) groups excluding carboxylic acids is 1. The van der Waals surface area contributed by atoms with E-state index in [1.54, 1.807) is 18.2 Å². The zero-order chi connectivity index (χ0) is 22.4. The Hall–Kier alpha value is -1.84. The van der Waals surface area contributed by atoms with E-state index in [0.29, 0.717) is 37.7 Å². The summed E-state index contributed by atoms with van der Waals surface area (Å²) >= 11 is 0. The molecule has 0 spiro atoms. The van der Waals surface area contributed by atoms with Crippen LogP contribution in [-0.2, 0) is 19.6 Å². The number of morpholine rings is 1. The second-order valence-electron chi connectivity index (χ2n) is 8.72. The van der Waals surface area contributed by atoms with Gasteiger partial charge in [-0.3, -0.25) is 4.79 Å². The number of amides is 1. The van der Waals surface area contributed by atoms with Gasteiger partial charge in [-0.15, -0.1) is 0 Å². The molecule has 1 aliphatic heterocycles. The minimum absolute atomic E-state index is 0.0571. The molecule has 1 aromatic carbocycles. The molecule has 3 rings (SSSR count). The second kappa shape index (κ2) is 10.7. The van der Waals surface area contributed by atoms with E-state index in [9.17, 15) is 13.2 Å². The van der Waals surface area contributed by atoms with Crippen LogP contribution in [0.3, 0.4) is 0 Å². The highest BCUT2D eigenvalue weighted by Crippen LogP contribution is 2.30. The summed E-state index contributed by atoms with van der Waals surface area (Å²) in [5, 5.41) is 6.17. The fourth-order valence-corrected chi connectivity index (χ4v) is 5.39. The fraction of sp³-hybridized carbons (Fsp3) is 0.682. The summed E-state index contributed by atoms with van der Waals surface area (Å²) in [7, 11) is -3.64. The third kappa shape index (κ3) is 6.57. The van der Waals surface area contributed by atoms with Gasteiger partial charge >= 0.3 is 0 Å². The van der Waals surface area contributed by atoms with Crippen LogP contribution < -0.4 is 15.4 Å². The summed E-state index contributed by atoms with van der Waals surface area (Å²) < 4.78 is 38.6. The van der Waals surface area contributed by atoms with E-state index in [1.807, 2.05) is 13.8 Å². The lowest BCUT2D eigenvalue weighted by Crippen LogP contribution is -2.41. The van der Waals surface area contributed by atoms with E-state index in [4.69, 9.17) is 9.47 Å². The first-order valence-corrected chi connectivity index (χ1v) is 12.6. The summed E-state index contributed by atoms with van der Waals surface area (Å²) in [5.41, 5.74) is 0.496. The first-order valence-electron chi connectivity index (χ1n) is 11.2. The topological polar surface area (TPSA) is 97.0 Å². The quantitative estimate of drug-likeness (QED) is 0.628. The van der Waals surface area contributed by atoms with Crippen molar-refractivity contribution in [1.29, 1.82) is 0 Å². The molecule has 1 amide bonds. The van der Waals surface area contributed by atoms with Crippen LogP contribution in [0.4, 0.5) is 5.69 Å². The number of carbonyl (C=O) groups is 1. The predicted molar refractivity (Wildman–Crippen MR) is 120 cm³/mol. The summed E-state index contributed by atoms with van der Waals surface area (Å²) in [6, 6.07) is 4.97. The second-order valence-corrected chi connectivity index (χ2v) is 10.7. The maximum atomic E-state index is 13.0. The normalized spacial score (nSPS) is 22.8. The molecular formula is C22H35N3O5S. The summed E-state index contributed by atoms with van der Waals surface area (Å²) in [6.07, 6.45) is 4.18. The molecule has 9 heteroatoms. The van der Waals surface area contributed by atoms with Crippen LogP contribution in [0.5, 0.6) is 5.75 Å². The van der Waals surface area contributed by atoms with E-state index in [1.165, 1.54) is 4.31 Å². The van der Waals surface area contributed by atoms with E-state index in [2.05, 4.69) is 17.6 Å². The van der Waals surface area contributed by atoms with E-state index < -0.39 is 10.0 Å². The molecule has 1 aliphatic carbocycles. The third-order valence-electron chi connectivity index (χ3n) is 5.74. The molecule has 2 N–H and O–H groups in total. The number of nitrogens with zero attached hydrogens (tertiary/aromatic N) is 1. The molecular weight excluding hydrogens is 418 g/mol. The standard InChI is InChI=1S/C22H35N3O5S/c1-16(2)30-21-9-8-19(31(27,28)25-10-12-29-13-11-25)14-20(21)23-15-22(26)24-18-6-4-17(3)5-7-18/h8-9,14,16-18,23H,4-7,10-13,15H2,1-3H3,(H,24,26). The number of anilines is 1. The molecule has 1 saturated carbocycles. The van der Waals surface area contributed by atoms with Crippen molar-refractivity contribution in [2.75, 3.05) is 38.2 Å². The molecule has 0 radical (unpaired) electrons. The number of ether oxygens (including phenoxy) is 2. The van der Waals surface area contributed by atoms with Crippen molar-refractivity contribution in [1.82, 2.24) is 9.62 Å². The molecule has 1 saturated heterocycles. The van der Waals surface area contributed by atoms with Gasteiger partial charge in [0.15, 0.2) is 0 Å². The van der Waals surface area contributed by atoms with Crippen LogP contribution in [0.2, 0.25) is 0 Å². The zero-order valence-electron chi connectivity index (χ0n) is 18.7. The van der Waals surface area contributed by atoms with Crippen molar-refractivity contribution in [2.24, 2.45) is 5.92 Å². The molecule has 0 unspecified atom stereocenters. The Bertz CT molecular complexity index is 845. The van der Waals surface area contributed by atoms with E-state index in [-0.39, 0.29) is 29.5 Å². The van der Waals surface area contributed by atoms with Crippen LogP contribution in [0.15, 0.2) is 23.1 Å². The molecule has 8 nitrogen and oxygen atoms in total.